The van der Waals surface area contributed by atoms with Gasteiger partial charge in [-0.3, -0.25) is 0 Å². The number of benzene rings is 1. The van der Waals surface area contributed by atoms with Crippen molar-refractivity contribution >= 4 is 33.5 Å². The summed E-state index contributed by atoms with van der Waals surface area (Å²) in [5.41, 5.74) is 0. The molecule has 0 fully saturated rings. The molecule has 0 N–H and O–H groups in total. The van der Waals surface area contributed by atoms with Crippen LogP contribution in [0.15, 0.2) is 24.3 Å². The van der Waals surface area contributed by atoms with Gasteiger partial charge in [0.1, 0.15) is 12.4 Å². The van der Waals surface area contributed by atoms with Crippen molar-refractivity contribution in [2.24, 2.45) is 0 Å². The molecule has 0 bridgehead atoms. The fourth-order valence-electron chi connectivity index (χ4n) is 0.867. The Morgan fingerprint density at radius 1 is 1.33 bits per heavy atom. The summed E-state index contributed by atoms with van der Waals surface area (Å²) in [5, 5.41) is 1.25. The van der Waals surface area contributed by atoms with Crippen molar-refractivity contribution in [1.82, 2.24) is 0 Å². The molecule has 0 spiro atoms. The van der Waals surface area contributed by atoms with Crippen LogP contribution < -0.4 is 4.74 Å². The van der Waals surface area contributed by atoms with Gasteiger partial charge >= 0.3 is 5.97 Å². The largest absolute Gasteiger partial charge is 0.482 e. The van der Waals surface area contributed by atoms with Crippen molar-refractivity contribution in [3.05, 3.63) is 29.3 Å². The van der Waals surface area contributed by atoms with E-state index in [2.05, 4.69) is 15.9 Å². The Morgan fingerprint density at radius 2 is 2.00 bits per heavy atom. The average Bonchev–Trinajstić information content (AvgIpc) is 2.25. The van der Waals surface area contributed by atoms with E-state index in [1.54, 1.807) is 24.3 Å². The first-order valence-corrected chi connectivity index (χ1v) is 5.82. The molecule has 0 atom stereocenters. The van der Waals surface area contributed by atoms with Crippen LogP contribution in [0.25, 0.3) is 0 Å². The van der Waals surface area contributed by atoms with E-state index in [-0.39, 0.29) is 12.6 Å². The van der Waals surface area contributed by atoms with Crippen molar-refractivity contribution in [1.29, 1.82) is 0 Å². The third-order valence-electron chi connectivity index (χ3n) is 1.51. The molecule has 0 amide bonds. The molecular weight excluding hydrogens is 283 g/mol. The Hall–Kier alpha value is -0.740. The second-order valence-corrected chi connectivity index (χ2v) is 3.88. The number of hydrogen-bond acceptors (Lipinski definition) is 3. The van der Waals surface area contributed by atoms with Crippen molar-refractivity contribution in [3.63, 3.8) is 0 Å². The maximum atomic E-state index is 11.0. The predicted octanol–water partition coefficient (Wildman–Crippen LogP) is 2.66. The summed E-state index contributed by atoms with van der Waals surface area (Å²) in [7, 11) is 0. The Labute approximate surface area is 101 Å². The number of carbonyl (C=O) groups is 1. The van der Waals surface area contributed by atoms with Crippen molar-refractivity contribution in [3.8, 4) is 5.75 Å². The predicted molar refractivity (Wildman–Crippen MR) is 61.7 cm³/mol. The SMILES string of the molecule is O=C(COc1ccc(Cl)cc1)OCCBr. The Balaban J connectivity index is 2.30. The highest BCUT2D eigenvalue weighted by molar-refractivity contribution is 9.09. The second-order valence-electron chi connectivity index (χ2n) is 2.65. The summed E-state index contributed by atoms with van der Waals surface area (Å²) in [4.78, 5) is 11.0. The Kier molecular flexibility index (Phi) is 5.50. The van der Waals surface area contributed by atoms with Crippen molar-refractivity contribution in [2.75, 3.05) is 18.5 Å². The van der Waals surface area contributed by atoms with Gasteiger partial charge in [-0.05, 0) is 24.3 Å². The lowest BCUT2D eigenvalue weighted by Gasteiger charge is -2.05. The van der Waals surface area contributed by atoms with E-state index < -0.39 is 0 Å². The second kappa shape index (κ2) is 6.69. The molecule has 0 aromatic heterocycles. The van der Waals surface area contributed by atoms with Crippen LogP contribution in [0.2, 0.25) is 5.02 Å². The van der Waals surface area contributed by atoms with Gasteiger partial charge in [0.25, 0.3) is 0 Å². The van der Waals surface area contributed by atoms with E-state index in [0.29, 0.717) is 22.7 Å². The molecular formula is C10H10BrClO3. The summed E-state index contributed by atoms with van der Waals surface area (Å²) in [6.07, 6.45) is 0. The van der Waals surface area contributed by atoms with E-state index in [0.717, 1.165) is 0 Å². The van der Waals surface area contributed by atoms with E-state index >= 15 is 0 Å². The summed E-state index contributed by atoms with van der Waals surface area (Å²) in [6.45, 7) is 0.261. The number of ether oxygens (including phenoxy) is 2. The van der Waals surface area contributed by atoms with Crippen LogP contribution >= 0.6 is 27.5 Å². The van der Waals surface area contributed by atoms with Crippen LogP contribution in [0, 0.1) is 0 Å². The molecule has 82 valence electrons. The van der Waals surface area contributed by atoms with Gasteiger partial charge in [0.2, 0.25) is 0 Å². The summed E-state index contributed by atoms with van der Waals surface area (Å²) in [5.74, 6) is 0.208. The number of carbonyl (C=O) groups excluding carboxylic acids is 1. The fourth-order valence-corrected chi connectivity index (χ4v) is 1.16. The zero-order chi connectivity index (χ0) is 11.1. The Morgan fingerprint density at radius 3 is 2.60 bits per heavy atom. The van der Waals surface area contributed by atoms with Crippen LogP contribution in [0.5, 0.6) is 5.75 Å². The standard InChI is InChI=1S/C10H10BrClO3/c11-5-6-14-10(13)7-15-9-3-1-8(12)2-4-9/h1-4H,5-7H2. The van der Waals surface area contributed by atoms with Gasteiger partial charge in [0, 0.05) is 10.4 Å². The number of halogens is 2. The van der Waals surface area contributed by atoms with Crippen LogP contribution in [-0.2, 0) is 9.53 Å². The maximum Gasteiger partial charge on any atom is 0.344 e. The molecule has 0 aliphatic heterocycles. The van der Waals surface area contributed by atoms with Crippen LogP contribution in [0.4, 0.5) is 0 Å². The molecule has 0 aliphatic rings. The van der Waals surface area contributed by atoms with Gasteiger partial charge in [0.05, 0.1) is 0 Å². The minimum Gasteiger partial charge on any atom is -0.482 e. The summed E-state index contributed by atoms with van der Waals surface area (Å²) < 4.78 is 9.97. The third-order valence-corrected chi connectivity index (χ3v) is 2.09. The maximum absolute atomic E-state index is 11.0. The third kappa shape index (κ3) is 5.04. The highest BCUT2D eigenvalue weighted by atomic mass is 79.9. The van der Waals surface area contributed by atoms with Gasteiger partial charge < -0.3 is 9.47 Å². The molecule has 0 saturated heterocycles. The zero-order valence-corrected chi connectivity index (χ0v) is 10.3. The topological polar surface area (TPSA) is 35.5 Å². The summed E-state index contributed by atoms with van der Waals surface area (Å²) in [6, 6.07) is 6.78. The molecule has 1 aromatic rings. The normalized spacial score (nSPS) is 9.73. The molecule has 0 heterocycles. The molecule has 0 radical (unpaired) electrons. The molecule has 0 unspecified atom stereocenters. The van der Waals surface area contributed by atoms with Crippen LogP contribution in [0.3, 0.4) is 0 Å². The van der Waals surface area contributed by atoms with E-state index in [4.69, 9.17) is 21.1 Å². The van der Waals surface area contributed by atoms with E-state index in [1.165, 1.54) is 0 Å². The molecule has 3 nitrogen and oxygen atoms in total. The van der Waals surface area contributed by atoms with Crippen molar-refractivity contribution in [2.45, 2.75) is 0 Å². The highest BCUT2D eigenvalue weighted by Crippen LogP contribution is 2.15. The molecule has 0 saturated carbocycles. The first kappa shape index (κ1) is 12.3. The highest BCUT2D eigenvalue weighted by Gasteiger charge is 2.03. The fraction of sp³-hybridized carbons (Fsp3) is 0.300. The van der Waals surface area contributed by atoms with Gasteiger partial charge in [0.15, 0.2) is 6.61 Å². The summed E-state index contributed by atoms with van der Waals surface area (Å²) >= 11 is 8.84. The van der Waals surface area contributed by atoms with Gasteiger partial charge in [-0.15, -0.1) is 0 Å². The van der Waals surface area contributed by atoms with Crippen LogP contribution in [-0.4, -0.2) is 24.5 Å². The minimum atomic E-state index is -0.385. The van der Waals surface area contributed by atoms with Gasteiger partial charge in [-0.25, -0.2) is 4.79 Å². The van der Waals surface area contributed by atoms with Gasteiger partial charge in [-0.2, -0.15) is 0 Å². The lowest BCUT2D eigenvalue weighted by molar-refractivity contribution is -0.145. The molecule has 1 rings (SSSR count). The molecule has 15 heavy (non-hydrogen) atoms. The lowest BCUT2D eigenvalue weighted by Crippen LogP contribution is -2.15. The number of alkyl halides is 1. The molecule has 0 aliphatic carbocycles. The first-order valence-electron chi connectivity index (χ1n) is 4.32. The lowest BCUT2D eigenvalue weighted by atomic mass is 10.3. The number of hydrogen-bond donors (Lipinski definition) is 0. The average molecular weight is 294 g/mol. The Bertz CT molecular complexity index is 313. The quantitative estimate of drug-likeness (QED) is 0.618. The van der Waals surface area contributed by atoms with E-state index in [9.17, 15) is 4.79 Å². The number of esters is 1. The number of rotatable bonds is 5. The minimum absolute atomic E-state index is 0.0887. The smallest absolute Gasteiger partial charge is 0.344 e. The first-order chi connectivity index (χ1) is 7.22. The molecule has 1 aromatic carbocycles. The van der Waals surface area contributed by atoms with Crippen molar-refractivity contribution < 1.29 is 14.3 Å². The zero-order valence-electron chi connectivity index (χ0n) is 7.91. The molecule has 5 heteroatoms. The monoisotopic (exact) mass is 292 g/mol. The van der Waals surface area contributed by atoms with Gasteiger partial charge in [-0.1, -0.05) is 27.5 Å². The van der Waals surface area contributed by atoms with E-state index in [1.807, 2.05) is 0 Å². The van der Waals surface area contributed by atoms with Crippen LogP contribution in [0.1, 0.15) is 0 Å².